The van der Waals surface area contributed by atoms with E-state index in [9.17, 15) is 0 Å². The largest absolute Gasteiger partial charge is 0.497 e. The molecule has 0 saturated heterocycles. The van der Waals surface area contributed by atoms with Crippen molar-refractivity contribution in [2.75, 3.05) is 12.5 Å². The van der Waals surface area contributed by atoms with Crippen molar-refractivity contribution < 1.29 is 4.74 Å². The van der Waals surface area contributed by atoms with Crippen LogP contribution in [0.1, 0.15) is 11.1 Å². The fourth-order valence-corrected chi connectivity index (χ4v) is 2.71. The van der Waals surface area contributed by atoms with Crippen LogP contribution >= 0.6 is 0 Å². The average molecular weight is 358 g/mol. The minimum atomic E-state index is 0.615. The van der Waals surface area contributed by atoms with E-state index >= 15 is 0 Å². The Morgan fingerprint density at radius 1 is 1.07 bits per heavy atom. The zero-order valence-corrected chi connectivity index (χ0v) is 14.8. The standard InChI is InChI=1S/C20H18N6O/c1-27-17-9-7-15(8-10-17)11-23-25-19-18-12-24-26(20(18)22-14-21-19)13-16-5-3-2-4-6-16/h2-12,14H,13H2,1H3,(H,21,22,25). The maximum Gasteiger partial charge on any atom is 0.163 e. The molecule has 0 fully saturated rings. The Kier molecular flexibility index (Phi) is 4.74. The van der Waals surface area contributed by atoms with Gasteiger partial charge in [-0.25, -0.2) is 14.6 Å². The van der Waals surface area contributed by atoms with Crippen molar-refractivity contribution in [3.63, 3.8) is 0 Å². The summed E-state index contributed by atoms with van der Waals surface area (Å²) < 4.78 is 7.00. The minimum absolute atomic E-state index is 0.615. The molecule has 0 atom stereocenters. The monoisotopic (exact) mass is 358 g/mol. The number of fused-ring (bicyclic) bond motifs is 1. The van der Waals surface area contributed by atoms with E-state index in [4.69, 9.17) is 4.74 Å². The number of aromatic nitrogens is 4. The summed E-state index contributed by atoms with van der Waals surface area (Å²) >= 11 is 0. The van der Waals surface area contributed by atoms with E-state index in [2.05, 4.69) is 37.7 Å². The number of hydrogen-bond acceptors (Lipinski definition) is 6. The van der Waals surface area contributed by atoms with Gasteiger partial charge in [0.2, 0.25) is 0 Å². The quantitative estimate of drug-likeness (QED) is 0.423. The molecule has 0 radical (unpaired) electrons. The van der Waals surface area contributed by atoms with Crippen LogP contribution in [0.3, 0.4) is 0 Å². The molecule has 7 nitrogen and oxygen atoms in total. The minimum Gasteiger partial charge on any atom is -0.497 e. The first-order valence-corrected chi connectivity index (χ1v) is 8.47. The fraction of sp³-hybridized carbons (Fsp3) is 0.100. The lowest BCUT2D eigenvalue weighted by molar-refractivity contribution is 0.415. The third-order valence-corrected chi connectivity index (χ3v) is 4.11. The van der Waals surface area contributed by atoms with Gasteiger partial charge in [-0.1, -0.05) is 30.3 Å². The van der Waals surface area contributed by atoms with Gasteiger partial charge in [0, 0.05) is 0 Å². The van der Waals surface area contributed by atoms with Gasteiger partial charge in [-0.2, -0.15) is 10.2 Å². The summed E-state index contributed by atoms with van der Waals surface area (Å²) in [5.74, 6) is 1.42. The van der Waals surface area contributed by atoms with E-state index in [1.165, 1.54) is 6.33 Å². The lowest BCUT2D eigenvalue weighted by Crippen LogP contribution is -2.03. The van der Waals surface area contributed by atoms with Crippen LogP contribution in [0.15, 0.2) is 72.2 Å². The van der Waals surface area contributed by atoms with Crippen molar-refractivity contribution >= 4 is 23.1 Å². The second-order valence-electron chi connectivity index (χ2n) is 5.89. The highest BCUT2D eigenvalue weighted by atomic mass is 16.5. The van der Waals surface area contributed by atoms with Crippen LogP contribution < -0.4 is 10.2 Å². The van der Waals surface area contributed by atoms with Crippen molar-refractivity contribution in [2.24, 2.45) is 5.10 Å². The highest BCUT2D eigenvalue weighted by molar-refractivity contribution is 5.87. The normalized spacial score (nSPS) is 11.1. The van der Waals surface area contributed by atoms with Crippen LogP contribution in [0.25, 0.3) is 11.0 Å². The molecule has 0 bridgehead atoms. The van der Waals surface area contributed by atoms with Crippen LogP contribution in [0.2, 0.25) is 0 Å². The number of hydrazone groups is 1. The van der Waals surface area contributed by atoms with Gasteiger partial charge in [0.25, 0.3) is 0 Å². The predicted molar refractivity (Wildman–Crippen MR) is 105 cm³/mol. The van der Waals surface area contributed by atoms with Crippen molar-refractivity contribution in [3.8, 4) is 5.75 Å². The van der Waals surface area contributed by atoms with Crippen LogP contribution in [0, 0.1) is 0 Å². The summed E-state index contributed by atoms with van der Waals surface area (Å²) in [5.41, 5.74) is 5.85. The smallest absolute Gasteiger partial charge is 0.163 e. The van der Waals surface area contributed by atoms with Crippen molar-refractivity contribution in [2.45, 2.75) is 6.54 Å². The number of benzene rings is 2. The van der Waals surface area contributed by atoms with Gasteiger partial charge in [-0.3, -0.25) is 5.43 Å². The van der Waals surface area contributed by atoms with E-state index in [0.717, 1.165) is 27.9 Å². The summed E-state index contributed by atoms with van der Waals surface area (Å²) in [6, 6.07) is 17.8. The topological polar surface area (TPSA) is 77.2 Å². The molecule has 2 aromatic heterocycles. The Bertz CT molecular complexity index is 1060. The first-order valence-electron chi connectivity index (χ1n) is 8.47. The second kappa shape index (κ2) is 7.65. The molecule has 0 saturated carbocycles. The summed E-state index contributed by atoms with van der Waals surface area (Å²) in [5, 5.41) is 9.53. The van der Waals surface area contributed by atoms with E-state index in [-0.39, 0.29) is 0 Å². The molecular formula is C20H18N6O. The number of methoxy groups -OCH3 is 1. The molecule has 4 rings (SSSR count). The number of ether oxygens (including phenoxy) is 1. The first-order chi connectivity index (χ1) is 13.3. The van der Waals surface area contributed by atoms with Gasteiger partial charge in [0.05, 0.1) is 31.5 Å². The van der Waals surface area contributed by atoms with Gasteiger partial charge < -0.3 is 4.74 Å². The maximum absolute atomic E-state index is 5.15. The zero-order chi connectivity index (χ0) is 18.5. The molecule has 0 spiro atoms. The van der Waals surface area contributed by atoms with Crippen molar-refractivity contribution in [3.05, 3.63) is 78.2 Å². The van der Waals surface area contributed by atoms with E-state index in [0.29, 0.717) is 12.4 Å². The molecule has 2 aromatic carbocycles. The molecule has 0 aliphatic carbocycles. The summed E-state index contributed by atoms with van der Waals surface area (Å²) in [4.78, 5) is 8.64. The molecule has 2 heterocycles. The van der Waals surface area contributed by atoms with Crippen LogP contribution in [-0.4, -0.2) is 33.1 Å². The van der Waals surface area contributed by atoms with Gasteiger partial charge in [-0.05, 0) is 35.4 Å². The van der Waals surface area contributed by atoms with Gasteiger partial charge in [0.15, 0.2) is 11.5 Å². The Balaban J connectivity index is 1.53. The average Bonchev–Trinajstić information content (AvgIpc) is 3.13. The summed E-state index contributed by atoms with van der Waals surface area (Å²) in [6.45, 7) is 0.649. The highest BCUT2D eigenvalue weighted by Gasteiger charge is 2.09. The van der Waals surface area contributed by atoms with Gasteiger partial charge >= 0.3 is 0 Å². The number of anilines is 1. The first kappa shape index (κ1) is 16.7. The molecule has 0 aliphatic rings. The lowest BCUT2D eigenvalue weighted by atomic mass is 10.2. The molecule has 0 aliphatic heterocycles. The van der Waals surface area contributed by atoms with Gasteiger partial charge in [-0.15, -0.1) is 0 Å². The third-order valence-electron chi connectivity index (χ3n) is 4.11. The Hall–Kier alpha value is -3.74. The lowest BCUT2D eigenvalue weighted by Gasteiger charge is -2.04. The molecule has 0 amide bonds. The highest BCUT2D eigenvalue weighted by Crippen LogP contribution is 2.19. The third kappa shape index (κ3) is 3.77. The van der Waals surface area contributed by atoms with Gasteiger partial charge in [0.1, 0.15) is 12.1 Å². The van der Waals surface area contributed by atoms with E-state index < -0.39 is 0 Å². The van der Waals surface area contributed by atoms with E-state index in [1.807, 2.05) is 47.1 Å². The number of nitrogens with one attached hydrogen (secondary N) is 1. The van der Waals surface area contributed by atoms with Crippen molar-refractivity contribution in [1.29, 1.82) is 0 Å². The Morgan fingerprint density at radius 3 is 2.67 bits per heavy atom. The van der Waals surface area contributed by atoms with Crippen LogP contribution in [0.4, 0.5) is 5.82 Å². The fourth-order valence-electron chi connectivity index (χ4n) is 2.71. The maximum atomic E-state index is 5.15. The number of hydrogen-bond donors (Lipinski definition) is 1. The molecule has 4 aromatic rings. The van der Waals surface area contributed by atoms with Crippen LogP contribution in [-0.2, 0) is 6.54 Å². The van der Waals surface area contributed by atoms with Crippen molar-refractivity contribution in [1.82, 2.24) is 19.7 Å². The van der Waals surface area contributed by atoms with E-state index in [1.54, 1.807) is 19.5 Å². The van der Waals surface area contributed by atoms with Crippen LogP contribution in [0.5, 0.6) is 5.75 Å². The Morgan fingerprint density at radius 2 is 1.89 bits per heavy atom. The molecule has 7 heteroatoms. The molecular weight excluding hydrogens is 340 g/mol. The Labute approximate surface area is 156 Å². The molecule has 134 valence electrons. The summed E-state index contributed by atoms with van der Waals surface area (Å²) in [6.07, 6.45) is 4.99. The molecule has 27 heavy (non-hydrogen) atoms. The number of nitrogens with zero attached hydrogens (tertiary/aromatic N) is 5. The predicted octanol–water partition coefficient (Wildman–Crippen LogP) is 3.33. The summed E-state index contributed by atoms with van der Waals surface area (Å²) in [7, 11) is 1.64. The molecule has 0 unspecified atom stereocenters. The number of rotatable bonds is 6. The second-order valence-corrected chi connectivity index (χ2v) is 5.89. The molecule has 1 N–H and O–H groups in total. The SMILES string of the molecule is COc1ccc(C=NNc2ncnc3c2cnn3Cc2ccccc2)cc1. The zero-order valence-electron chi connectivity index (χ0n) is 14.8.